The highest BCUT2D eigenvalue weighted by atomic mass is 35.5. The maximum absolute atomic E-state index is 12.1. The normalized spacial score (nSPS) is 10.4. The lowest BCUT2D eigenvalue weighted by Crippen LogP contribution is -2.17. The molecule has 2 rings (SSSR count). The van der Waals surface area contributed by atoms with E-state index in [1.165, 1.54) is 7.11 Å². The van der Waals surface area contributed by atoms with Gasteiger partial charge in [0, 0.05) is 18.0 Å². The number of amides is 1. The van der Waals surface area contributed by atoms with Gasteiger partial charge in [-0.25, -0.2) is 0 Å². The average Bonchev–Trinajstić information content (AvgIpc) is 2.55. The Kier molecular flexibility index (Phi) is 6.82. The summed E-state index contributed by atoms with van der Waals surface area (Å²) in [4.78, 5) is 20.4. The van der Waals surface area contributed by atoms with Crippen LogP contribution in [-0.2, 0) is 4.79 Å². The number of carbonyl (C=O) groups is 1. The summed E-state index contributed by atoms with van der Waals surface area (Å²) >= 11 is 5.95. The van der Waals surface area contributed by atoms with Crippen molar-refractivity contribution < 1.29 is 14.3 Å². The van der Waals surface area contributed by atoms with E-state index in [-0.39, 0.29) is 18.4 Å². The zero-order chi connectivity index (χ0) is 18.2. The number of nitrogens with one attached hydrogen (secondary N) is 2. The summed E-state index contributed by atoms with van der Waals surface area (Å²) in [5.74, 6) is 1.37. The second-order valence-corrected chi connectivity index (χ2v) is 5.92. The maximum atomic E-state index is 12.1. The summed E-state index contributed by atoms with van der Waals surface area (Å²) in [7, 11) is 1.53. The van der Waals surface area contributed by atoms with E-state index in [2.05, 4.69) is 20.6 Å². The molecule has 1 aromatic carbocycles. The Labute approximate surface area is 151 Å². The van der Waals surface area contributed by atoms with Gasteiger partial charge in [-0.05, 0) is 32.0 Å². The fourth-order valence-corrected chi connectivity index (χ4v) is 2.20. The zero-order valence-corrected chi connectivity index (χ0v) is 15.1. The van der Waals surface area contributed by atoms with Crippen LogP contribution in [0, 0.1) is 0 Å². The molecule has 0 radical (unpaired) electrons. The summed E-state index contributed by atoms with van der Waals surface area (Å²) in [6.45, 7) is 4.22. The minimum atomic E-state index is -0.171. The van der Waals surface area contributed by atoms with Crippen LogP contribution in [0.3, 0.4) is 0 Å². The Bertz CT molecular complexity index is 725. The number of methoxy groups -OCH3 is 1. The van der Waals surface area contributed by atoms with Crippen molar-refractivity contribution in [2.24, 2.45) is 0 Å². The van der Waals surface area contributed by atoms with Crippen LogP contribution in [-0.4, -0.2) is 35.6 Å². The summed E-state index contributed by atoms with van der Waals surface area (Å²) in [5.41, 5.74) is 0.534. The Morgan fingerprint density at radius 3 is 2.84 bits per heavy atom. The summed E-state index contributed by atoms with van der Waals surface area (Å²) in [6, 6.07) is 5.04. The molecule has 134 valence electrons. The molecule has 25 heavy (non-hydrogen) atoms. The summed E-state index contributed by atoms with van der Waals surface area (Å²) in [6.07, 6.45) is 3.38. The zero-order valence-electron chi connectivity index (χ0n) is 14.4. The molecule has 7 nitrogen and oxygen atoms in total. The van der Waals surface area contributed by atoms with Gasteiger partial charge in [0.2, 0.25) is 11.8 Å². The number of hydrogen-bond acceptors (Lipinski definition) is 6. The molecule has 0 saturated heterocycles. The molecule has 2 aromatic rings. The first-order chi connectivity index (χ1) is 12.0. The van der Waals surface area contributed by atoms with Crippen LogP contribution in [0.1, 0.15) is 20.3 Å². The van der Waals surface area contributed by atoms with Gasteiger partial charge in [0.15, 0.2) is 0 Å². The van der Waals surface area contributed by atoms with Gasteiger partial charge < -0.3 is 20.1 Å². The van der Waals surface area contributed by atoms with Crippen molar-refractivity contribution in [3.63, 3.8) is 0 Å². The number of benzene rings is 1. The lowest BCUT2D eigenvalue weighted by molar-refractivity contribution is -0.116. The predicted octanol–water partition coefficient (Wildman–Crippen LogP) is 3.37. The monoisotopic (exact) mass is 364 g/mol. The second-order valence-electron chi connectivity index (χ2n) is 5.48. The topological polar surface area (TPSA) is 85.4 Å². The van der Waals surface area contributed by atoms with Gasteiger partial charge in [-0.2, -0.15) is 4.98 Å². The molecular weight excluding hydrogens is 344 g/mol. The van der Waals surface area contributed by atoms with Crippen molar-refractivity contribution >= 4 is 29.0 Å². The molecule has 8 heteroatoms. The SMILES string of the molecule is COc1ccc(Cl)cc1NC(=O)CCNc1cncc(OC(C)C)n1. The fourth-order valence-electron chi connectivity index (χ4n) is 2.03. The molecule has 0 aliphatic carbocycles. The van der Waals surface area contributed by atoms with E-state index >= 15 is 0 Å². The second kappa shape index (κ2) is 9.08. The van der Waals surface area contributed by atoms with Crippen molar-refractivity contribution in [1.29, 1.82) is 0 Å². The fraction of sp³-hybridized carbons (Fsp3) is 0.353. The van der Waals surface area contributed by atoms with Gasteiger partial charge in [-0.3, -0.25) is 9.78 Å². The van der Waals surface area contributed by atoms with Crippen LogP contribution < -0.4 is 20.1 Å². The molecule has 0 unspecified atom stereocenters. The Morgan fingerprint density at radius 2 is 2.12 bits per heavy atom. The largest absolute Gasteiger partial charge is 0.495 e. The van der Waals surface area contributed by atoms with Gasteiger partial charge >= 0.3 is 0 Å². The highest BCUT2D eigenvalue weighted by Crippen LogP contribution is 2.27. The lowest BCUT2D eigenvalue weighted by Gasteiger charge is -2.12. The van der Waals surface area contributed by atoms with E-state index in [1.807, 2.05) is 13.8 Å². The third-order valence-corrected chi connectivity index (χ3v) is 3.30. The van der Waals surface area contributed by atoms with Gasteiger partial charge in [0.1, 0.15) is 11.6 Å². The number of rotatable bonds is 8. The molecule has 0 fully saturated rings. The van der Waals surface area contributed by atoms with Crippen molar-refractivity contribution in [3.8, 4) is 11.6 Å². The number of anilines is 2. The summed E-state index contributed by atoms with van der Waals surface area (Å²) < 4.78 is 10.7. The van der Waals surface area contributed by atoms with Crippen LogP contribution in [0.25, 0.3) is 0 Å². The Balaban J connectivity index is 1.86. The maximum Gasteiger partial charge on any atom is 0.234 e. The van der Waals surface area contributed by atoms with E-state index < -0.39 is 0 Å². The molecule has 0 spiro atoms. The highest BCUT2D eigenvalue weighted by molar-refractivity contribution is 6.31. The van der Waals surface area contributed by atoms with Gasteiger partial charge in [0.25, 0.3) is 0 Å². The Hall–Kier alpha value is -2.54. The van der Waals surface area contributed by atoms with Crippen molar-refractivity contribution in [3.05, 3.63) is 35.6 Å². The van der Waals surface area contributed by atoms with Crippen LogP contribution >= 0.6 is 11.6 Å². The molecule has 1 heterocycles. The number of aromatic nitrogens is 2. The van der Waals surface area contributed by atoms with Crippen molar-refractivity contribution in [1.82, 2.24) is 9.97 Å². The van der Waals surface area contributed by atoms with Crippen molar-refractivity contribution in [2.45, 2.75) is 26.4 Å². The van der Waals surface area contributed by atoms with Gasteiger partial charge in [0.05, 0.1) is 31.3 Å². The van der Waals surface area contributed by atoms with E-state index in [0.717, 1.165) is 0 Å². The molecular formula is C17H21ClN4O3. The van der Waals surface area contributed by atoms with Gasteiger partial charge in [-0.1, -0.05) is 11.6 Å². The quantitative estimate of drug-likeness (QED) is 0.747. The molecule has 1 amide bonds. The van der Waals surface area contributed by atoms with Crippen LogP contribution in [0.4, 0.5) is 11.5 Å². The van der Waals surface area contributed by atoms with E-state index in [4.69, 9.17) is 21.1 Å². The van der Waals surface area contributed by atoms with Gasteiger partial charge in [-0.15, -0.1) is 0 Å². The number of halogens is 1. The number of carbonyl (C=O) groups excluding carboxylic acids is 1. The standard InChI is InChI=1S/C17H21ClN4O3/c1-11(2)25-17-10-19-9-15(22-17)20-7-6-16(23)21-13-8-12(18)4-5-14(13)24-3/h4-5,8-11H,6-7H2,1-3H3,(H,20,22)(H,21,23). The first-order valence-electron chi connectivity index (χ1n) is 7.84. The molecule has 2 N–H and O–H groups in total. The van der Waals surface area contributed by atoms with E-state index in [1.54, 1.807) is 30.6 Å². The number of ether oxygens (including phenoxy) is 2. The average molecular weight is 365 g/mol. The Morgan fingerprint density at radius 1 is 1.32 bits per heavy atom. The first-order valence-corrected chi connectivity index (χ1v) is 8.21. The van der Waals surface area contributed by atoms with Crippen LogP contribution in [0.2, 0.25) is 5.02 Å². The molecule has 0 aliphatic heterocycles. The third-order valence-electron chi connectivity index (χ3n) is 3.06. The number of nitrogens with zero attached hydrogens (tertiary/aromatic N) is 2. The van der Waals surface area contributed by atoms with E-state index in [9.17, 15) is 4.79 Å². The lowest BCUT2D eigenvalue weighted by atomic mass is 10.2. The molecule has 1 aromatic heterocycles. The smallest absolute Gasteiger partial charge is 0.234 e. The molecule has 0 saturated carbocycles. The van der Waals surface area contributed by atoms with Crippen LogP contribution in [0.15, 0.2) is 30.6 Å². The van der Waals surface area contributed by atoms with Crippen molar-refractivity contribution in [2.75, 3.05) is 24.3 Å². The molecule has 0 atom stereocenters. The number of hydrogen-bond donors (Lipinski definition) is 2. The highest BCUT2D eigenvalue weighted by Gasteiger charge is 2.09. The van der Waals surface area contributed by atoms with Crippen LogP contribution in [0.5, 0.6) is 11.6 Å². The third kappa shape index (κ3) is 6.11. The molecule has 0 aliphatic rings. The first kappa shape index (κ1) is 18.8. The minimum Gasteiger partial charge on any atom is -0.495 e. The summed E-state index contributed by atoms with van der Waals surface area (Å²) in [5, 5.41) is 6.34. The predicted molar refractivity (Wildman–Crippen MR) is 97.5 cm³/mol. The molecule has 0 bridgehead atoms. The van der Waals surface area contributed by atoms with E-state index in [0.29, 0.717) is 34.7 Å². The minimum absolute atomic E-state index is 0.0167.